The van der Waals surface area contributed by atoms with E-state index in [1.54, 1.807) is 0 Å². The first kappa shape index (κ1) is 17.2. The maximum Gasteiger partial charge on any atom is 0.225 e. The lowest BCUT2D eigenvalue weighted by atomic mass is 10.1. The average molecular weight is 353 g/mol. The van der Waals surface area contributed by atoms with Crippen LogP contribution in [0.15, 0.2) is 48.5 Å². The predicted octanol–water partition coefficient (Wildman–Crippen LogP) is 5.59. The largest absolute Gasteiger partial charge is 0.354 e. The summed E-state index contributed by atoms with van der Waals surface area (Å²) in [7, 11) is 0. The summed E-state index contributed by atoms with van der Waals surface area (Å²) in [6.07, 6.45) is 0. The normalized spacial score (nSPS) is 10.6. The van der Waals surface area contributed by atoms with Gasteiger partial charge in [0.2, 0.25) is 5.95 Å². The van der Waals surface area contributed by atoms with Crippen LogP contribution < -0.4 is 10.6 Å². The predicted molar refractivity (Wildman–Crippen MR) is 106 cm³/mol. The molecule has 0 atom stereocenters. The number of anilines is 3. The van der Waals surface area contributed by atoms with Crippen molar-refractivity contribution in [2.75, 3.05) is 17.2 Å². The first-order chi connectivity index (χ1) is 12.1. The molecule has 0 saturated carbocycles. The van der Waals surface area contributed by atoms with Crippen LogP contribution in [0.1, 0.15) is 18.1 Å². The number of hydrogen-bond acceptors (Lipinski definition) is 4. The number of hydrogen-bond donors (Lipinski definition) is 2. The minimum atomic E-state index is 0.601. The van der Waals surface area contributed by atoms with Crippen LogP contribution in [-0.4, -0.2) is 16.5 Å². The maximum absolute atomic E-state index is 6.28. The maximum atomic E-state index is 6.28. The summed E-state index contributed by atoms with van der Waals surface area (Å²) in [6, 6.07) is 15.9. The molecule has 0 amide bonds. The third-order valence-electron chi connectivity index (χ3n) is 3.99. The molecule has 0 aliphatic carbocycles. The molecule has 0 fully saturated rings. The first-order valence-electron chi connectivity index (χ1n) is 8.29. The molecule has 25 heavy (non-hydrogen) atoms. The molecule has 4 nitrogen and oxygen atoms in total. The lowest BCUT2D eigenvalue weighted by Crippen LogP contribution is -2.06. The Morgan fingerprint density at radius 2 is 1.76 bits per heavy atom. The molecule has 1 heterocycles. The number of aryl methyl sites for hydroxylation is 1. The van der Waals surface area contributed by atoms with Crippen molar-refractivity contribution in [3.05, 3.63) is 64.7 Å². The van der Waals surface area contributed by atoms with Gasteiger partial charge in [0.15, 0.2) is 0 Å². The summed E-state index contributed by atoms with van der Waals surface area (Å²) in [6.45, 7) is 6.84. The number of nitrogens with zero attached hydrogens (tertiary/aromatic N) is 2. The van der Waals surface area contributed by atoms with Gasteiger partial charge in [-0.15, -0.1) is 0 Å². The molecule has 0 aliphatic rings. The van der Waals surface area contributed by atoms with Crippen molar-refractivity contribution in [3.63, 3.8) is 0 Å². The fourth-order valence-electron chi connectivity index (χ4n) is 2.65. The number of benzene rings is 2. The van der Waals surface area contributed by atoms with Crippen molar-refractivity contribution >= 4 is 29.1 Å². The summed E-state index contributed by atoms with van der Waals surface area (Å²) < 4.78 is 0. The molecule has 0 saturated heterocycles. The van der Waals surface area contributed by atoms with E-state index in [9.17, 15) is 0 Å². The average Bonchev–Trinajstić information content (AvgIpc) is 2.63. The monoisotopic (exact) mass is 352 g/mol. The Kier molecular flexibility index (Phi) is 5.19. The molecule has 2 N–H and O–H groups in total. The highest BCUT2D eigenvalue weighted by molar-refractivity contribution is 6.31. The van der Waals surface area contributed by atoms with Crippen molar-refractivity contribution in [2.45, 2.75) is 20.8 Å². The minimum absolute atomic E-state index is 0.601. The molecule has 0 bridgehead atoms. The molecule has 2 aromatic carbocycles. The van der Waals surface area contributed by atoms with Gasteiger partial charge < -0.3 is 10.6 Å². The van der Waals surface area contributed by atoms with Gasteiger partial charge in [0.05, 0.1) is 5.69 Å². The topological polar surface area (TPSA) is 49.8 Å². The molecule has 0 radical (unpaired) electrons. The molecular formula is C20H21ClN4. The summed E-state index contributed by atoms with van der Waals surface area (Å²) >= 11 is 6.28. The number of halogens is 1. The second-order valence-electron chi connectivity index (χ2n) is 5.85. The number of aromatic nitrogens is 2. The van der Waals surface area contributed by atoms with Gasteiger partial charge in [0.25, 0.3) is 0 Å². The summed E-state index contributed by atoms with van der Waals surface area (Å²) in [4.78, 5) is 9.19. The summed E-state index contributed by atoms with van der Waals surface area (Å²) in [5, 5.41) is 7.34. The van der Waals surface area contributed by atoms with Gasteiger partial charge in [-0.1, -0.05) is 48.0 Å². The van der Waals surface area contributed by atoms with E-state index in [0.717, 1.165) is 45.5 Å². The lowest BCUT2D eigenvalue weighted by Gasteiger charge is -2.15. The molecule has 0 spiro atoms. The van der Waals surface area contributed by atoms with Crippen LogP contribution in [0.25, 0.3) is 11.3 Å². The van der Waals surface area contributed by atoms with Gasteiger partial charge in [-0.25, -0.2) is 4.98 Å². The Morgan fingerprint density at radius 3 is 2.48 bits per heavy atom. The molecule has 3 aromatic rings. The van der Waals surface area contributed by atoms with E-state index < -0.39 is 0 Å². The van der Waals surface area contributed by atoms with E-state index in [-0.39, 0.29) is 0 Å². The van der Waals surface area contributed by atoms with E-state index in [0.29, 0.717) is 5.95 Å². The van der Waals surface area contributed by atoms with Gasteiger partial charge in [-0.2, -0.15) is 4.98 Å². The zero-order valence-electron chi connectivity index (χ0n) is 14.6. The summed E-state index contributed by atoms with van der Waals surface area (Å²) in [5.41, 5.74) is 5.02. The van der Waals surface area contributed by atoms with Crippen molar-refractivity contribution in [1.29, 1.82) is 0 Å². The standard InChI is InChI=1S/C20H21ClN4/c1-4-22-20-23-17(15-8-6-5-7-9-15)12-18(25-20)24-19-13(2)10-11-16(21)14(19)3/h5-12H,4H2,1-3H3,(H2,22,23,24,25). The molecule has 5 heteroatoms. The van der Waals surface area contributed by atoms with Crippen LogP contribution in [-0.2, 0) is 0 Å². The quantitative estimate of drug-likeness (QED) is 0.628. The van der Waals surface area contributed by atoms with Crippen LogP contribution in [0.4, 0.5) is 17.5 Å². The van der Waals surface area contributed by atoms with Gasteiger partial charge in [-0.3, -0.25) is 0 Å². The molecule has 3 rings (SSSR count). The van der Waals surface area contributed by atoms with Crippen molar-refractivity contribution < 1.29 is 0 Å². The Labute approximate surface area is 153 Å². The Hall–Kier alpha value is -2.59. The SMILES string of the molecule is CCNc1nc(Nc2c(C)ccc(Cl)c2C)cc(-c2ccccc2)n1. The van der Waals surface area contributed by atoms with E-state index in [1.165, 1.54) is 0 Å². The van der Waals surface area contributed by atoms with E-state index in [2.05, 4.69) is 27.5 Å². The van der Waals surface area contributed by atoms with Crippen LogP contribution in [0.3, 0.4) is 0 Å². The van der Waals surface area contributed by atoms with Gasteiger partial charge in [-0.05, 0) is 38.0 Å². The minimum Gasteiger partial charge on any atom is -0.354 e. The van der Waals surface area contributed by atoms with E-state index in [1.807, 2.05) is 62.4 Å². The smallest absolute Gasteiger partial charge is 0.225 e. The second kappa shape index (κ2) is 7.53. The first-order valence-corrected chi connectivity index (χ1v) is 8.67. The molecule has 0 unspecified atom stereocenters. The van der Waals surface area contributed by atoms with Gasteiger partial charge >= 0.3 is 0 Å². The lowest BCUT2D eigenvalue weighted by molar-refractivity contribution is 1.09. The molecular weight excluding hydrogens is 332 g/mol. The molecule has 0 aliphatic heterocycles. The van der Waals surface area contributed by atoms with E-state index >= 15 is 0 Å². The van der Waals surface area contributed by atoms with Crippen LogP contribution >= 0.6 is 11.6 Å². The van der Waals surface area contributed by atoms with Crippen molar-refractivity contribution in [3.8, 4) is 11.3 Å². The second-order valence-corrected chi connectivity index (χ2v) is 6.25. The van der Waals surface area contributed by atoms with Crippen molar-refractivity contribution in [1.82, 2.24) is 9.97 Å². The highest BCUT2D eigenvalue weighted by Gasteiger charge is 2.10. The van der Waals surface area contributed by atoms with E-state index in [4.69, 9.17) is 11.6 Å². The Balaban J connectivity index is 2.04. The van der Waals surface area contributed by atoms with Gasteiger partial charge in [0.1, 0.15) is 5.82 Å². The van der Waals surface area contributed by atoms with Gasteiger partial charge in [0, 0.05) is 28.9 Å². The zero-order chi connectivity index (χ0) is 17.8. The third-order valence-corrected chi connectivity index (χ3v) is 4.40. The third kappa shape index (κ3) is 3.91. The number of rotatable bonds is 5. The van der Waals surface area contributed by atoms with Crippen molar-refractivity contribution in [2.24, 2.45) is 0 Å². The summed E-state index contributed by atoms with van der Waals surface area (Å²) in [5.74, 6) is 1.34. The molecule has 1 aromatic heterocycles. The zero-order valence-corrected chi connectivity index (χ0v) is 15.4. The number of nitrogens with one attached hydrogen (secondary N) is 2. The fourth-order valence-corrected chi connectivity index (χ4v) is 2.80. The Morgan fingerprint density at radius 1 is 1.00 bits per heavy atom. The van der Waals surface area contributed by atoms with Crippen LogP contribution in [0.2, 0.25) is 5.02 Å². The van der Waals surface area contributed by atoms with Crippen LogP contribution in [0, 0.1) is 13.8 Å². The Bertz CT molecular complexity index is 878. The fraction of sp³-hybridized carbons (Fsp3) is 0.200. The highest BCUT2D eigenvalue weighted by atomic mass is 35.5. The highest BCUT2D eigenvalue weighted by Crippen LogP contribution is 2.30. The van der Waals surface area contributed by atoms with Crippen LogP contribution in [0.5, 0.6) is 0 Å². The molecule has 128 valence electrons.